The Morgan fingerprint density at radius 2 is 2.14 bits per heavy atom. The van der Waals surface area contributed by atoms with E-state index >= 15 is 0 Å². The number of rotatable bonds is 8. The summed E-state index contributed by atoms with van der Waals surface area (Å²) in [6, 6.07) is 0. The molecule has 0 amide bonds. The average molecular weight is 311 g/mol. The van der Waals surface area contributed by atoms with E-state index in [0.717, 1.165) is 58.4 Å². The number of aromatic nitrogens is 1. The van der Waals surface area contributed by atoms with Crippen LogP contribution in [0.3, 0.4) is 0 Å². The number of hydrogen-bond donors (Lipinski definition) is 1. The predicted octanol–water partition coefficient (Wildman–Crippen LogP) is 1.15. The van der Waals surface area contributed by atoms with E-state index in [0.29, 0.717) is 0 Å². The summed E-state index contributed by atoms with van der Waals surface area (Å²) in [4.78, 5) is 10.6. The van der Waals surface area contributed by atoms with Crippen LogP contribution >= 0.6 is 11.3 Å². The molecule has 0 unspecified atom stereocenters. The molecule has 0 aromatic carbocycles. The standard InChI is InChI=1S/C15H25N3O2S/c19-8-5-18(4-3-17-6-9-20-10-7-17)12-14-11-16-15(21-14)13-1-2-13/h11,13,19H,1-10,12H2. The molecule has 2 fully saturated rings. The van der Waals surface area contributed by atoms with E-state index < -0.39 is 0 Å². The van der Waals surface area contributed by atoms with Crippen molar-refractivity contribution >= 4 is 11.3 Å². The molecule has 21 heavy (non-hydrogen) atoms. The molecule has 0 radical (unpaired) electrons. The van der Waals surface area contributed by atoms with E-state index in [4.69, 9.17) is 4.74 Å². The normalized spacial score (nSPS) is 20.3. The van der Waals surface area contributed by atoms with Crippen LogP contribution in [0.15, 0.2) is 6.20 Å². The van der Waals surface area contributed by atoms with Crippen molar-refractivity contribution in [2.24, 2.45) is 0 Å². The van der Waals surface area contributed by atoms with Gasteiger partial charge in [0.25, 0.3) is 0 Å². The first kappa shape index (κ1) is 15.4. The molecule has 1 N–H and O–H groups in total. The molecule has 0 atom stereocenters. The largest absolute Gasteiger partial charge is 0.395 e. The Kier molecular flexibility index (Phi) is 5.60. The molecule has 0 spiro atoms. The quantitative estimate of drug-likeness (QED) is 0.780. The minimum Gasteiger partial charge on any atom is -0.395 e. The first-order valence-electron chi connectivity index (χ1n) is 7.93. The first-order chi connectivity index (χ1) is 10.3. The van der Waals surface area contributed by atoms with E-state index in [2.05, 4.69) is 14.8 Å². The lowest BCUT2D eigenvalue weighted by Crippen LogP contribution is -2.41. The van der Waals surface area contributed by atoms with Crippen LogP contribution in [-0.4, -0.2) is 72.4 Å². The Labute approximate surface area is 130 Å². The van der Waals surface area contributed by atoms with Crippen molar-refractivity contribution in [3.63, 3.8) is 0 Å². The maximum atomic E-state index is 9.27. The Morgan fingerprint density at radius 3 is 2.86 bits per heavy atom. The van der Waals surface area contributed by atoms with Crippen molar-refractivity contribution in [3.05, 3.63) is 16.1 Å². The molecule has 6 heteroatoms. The van der Waals surface area contributed by atoms with Gasteiger partial charge in [0.1, 0.15) is 0 Å². The lowest BCUT2D eigenvalue weighted by molar-refractivity contribution is 0.0321. The number of aliphatic hydroxyl groups is 1. The molecule has 2 heterocycles. The van der Waals surface area contributed by atoms with Gasteiger partial charge in [0.2, 0.25) is 0 Å². The maximum Gasteiger partial charge on any atom is 0.0959 e. The molecule has 118 valence electrons. The van der Waals surface area contributed by atoms with Gasteiger partial charge in [-0.05, 0) is 12.8 Å². The Hall–Kier alpha value is -0.530. The van der Waals surface area contributed by atoms with Gasteiger partial charge in [-0.15, -0.1) is 11.3 Å². The van der Waals surface area contributed by atoms with Crippen molar-refractivity contribution in [1.29, 1.82) is 0 Å². The summed E-state index contributed by atoms with van der Waals surface area (Å²) in [5, 5.41) is 10.6. The molecular weight excluding hydrogens is 286 g/mol. The summed E-state index contributed by atoms with van der Waals surface area (Å²) in [5.41, 5.74) is 0. The highest BCUT2D eigenvalue weighted by molar-refractivity contribution is 7.11. The highest BCUT2D eigenvalue weighted by atomic mass is 32.1. The zero-order valence-electron chi connectivity index (χ0n) is 12.5. The highest BCUT2D eigenvalue weighted by Gasteiger charge is 2.26. The number of aliphatic hydroxyl groups excluding tert-OH is 1. The van der Waals surface area contributed by atoms with Gasteiger partial charge in [-0.3, -0.25) is 9.80 Å². The monoisotopic (exact) mass is 311 g/mol. The average Bonchev–Trinajstić information content (AvgIpc) is 3.26. The molecule has 1 aromatic rings. The van der Waals surface area contributed by atoms with Crippen molar-refractivity contribution in [3.8, 4) is 0 Å². The van der Waals surface area contributed by atoms with E-state index in [1.54, 1.807) is 0 Å². The fourth-order valence-corrected chi connectivity index (χ4v) is 3.78. The second-order valence-corrected chi connectivity index (χ2v) is 7.04. The van der Waals surface area contributed by atoms with Crippen LogP contribution in [0.2, 0.25) is 0 Å². The minimum absolute atomic E-state index is 0.220. The van der Waals surface area contributed by atoms with Gasteiger partial charge in [0.05, 0.1) is 24.8 Å². The van der Waals surface area contributed by atoms with Gasteiger partial charge in [0.15, 0.2) is 0 Å². The Morgan fingerprint density at radius 1 is 1.33 bits per heavy atom. The van der Waals surface area contributed by atoms with Crippen molar-refractivity contribution < 1.29 is 9.84 Å². The number of thiazole rings is 1. The molecule has 1 saturated heterocycles. The lowest BCUT2D eigenvalue weighted by atomic mass is 10.3. The van der Waals surface area contributed by atoms with Gasteiger partial charge in [-0.1, -0.05) is 0 Å². The Bertz CT molecular complexity index is 430. The molecule has 3 rings (SSSR count). The molecule has 1 aromatic heterocycles. The Balaban J connectivity index is 1.47. The lowest BCUT2D eigenvalue weighted by Gasteiger charge is -2.29. The van der Waals surface area contributed by atoms with Crippen LogP contribution in [0.1, 0.15) is 28.6 Å². The van der Waals surface area contributed by atoms with E-state index in [1.807, 2.05) is 17.5 Å². The maximum absolute atomic E-state index is 9.27. The molecule has 1 aliphatic heterocycles. The van der Waals surface area contributed by atoms with Crippen LogP contribution in [0.5, 0.6) is 0 Å². The van der Waals surface area contributed by atoms with Gasteiger partial charge >= 0.3 is 0 Å². The van der Waals surface area contributed by atoms with Crippen LogP contribution < -0.4 is 0 Å². The molecular formula is C15H25N3O2S. The van der Waals surface area contributed by atoms with Crippen molar-refractivity contribution in [2.45, 2.75) is 25.3 Å². The molecule has 0 bridgehead atoms. The number of ether oxygens (including phenoxy) is 1. The van der Waals surface area contributed by atoms with Crippen LogP contribution in [0, 0.1) is 0 Å². The van der Waals surface area contributed by atoms with Crippen molar-refractivity contribution in [1.82, 2.24) is 14.8 Å². The van der Waals surface area contributed by atoms with E-state index in [-0.39, 0.29) is 6.61 Å². The number of hydrogen-bond acceptors (Lipinski definition) is 6. The smallest absolute Gasteiger partial charge is 0.0959 e. The van der Waals surface area contributed by atoms with Crippen LogP contribution in [-0.2, 0) is 11.3 Å². The summed E-state index contributed by atoms with van der Waals surface area (Å²) in [6.07, 6.45) is 4.64. The fraction of sp³-hybridized carbons (Fsp3) is 0.800. The summed E-state index contributed by atoms with van der Waals surface area (Å²) < 4.78 is 5.38. The summed E-state index contributed by atoms with van der Waals surface area (Å²) in [5.74, 6) is 0.739. The predicted molar refractivity (Wildman–Crippen MR) is 83.7 cm³/mol. The van der Waals surface area contributed by atoms with E-state index in [1.165, 1.54) is 22.7 Å². The minimum atomic E-state index is 0.220. The zero-order valence-corrected chi connectivity index (χ0v) is 13.4. The van der Waals surface area contributed by atoms with Gasteiger partial charge in [0, 0.05) is 56.3 Å². The molecule has 1 aliphatic carbocycles. The number of nitrogens with zero attached hydrogens (tertiary/aromatic N) is 3. The zero-order chi connectivity index (χ0) is 14.5. The topological polar surface area (TPSA) is 48.8 Å². The van der Waals surface area contributed by atoms with Gasteiger partial charge < -0.3 is 9.84 Å². The first-order valence-corrected chi connectivity index (χ1v) is 8.74. The van der Waals surface area contributed by atoms with E-state index in [9.17, 15) is 5.11 Å². The molecule has 2 aliphatic rings. The SMILES string of the molecule is OCCN(CCN1CCOCC1)Cc1cnc(C2CC2)s1. The molecule has 1 saturated carbocycles. The summed E-state index contributed by atoms with van der Waals surface area (Å²) >= 11 is 1.85. The third-order valence-corrected chi connectivity index (χ3v) is 5.27. The van der Waals surface area contributed by atoms with Gasteiger partial charge in [-0.2, -0.15) is 0 Å². The second-order valence-electron chi connectivity index (χ2n) is 5.89. The second kappa shape index (κ2) is 7.65. The summed E-state index contributed by atoms with van der Waals surface area (Å²) in [6.45, 7) is 7.67. The number of morpholine rings is 1. The highest BCUT2D eigenvalue weighted by Crippen LogP contribution is 2.41. The summed E-state index contributed by atoms with van der Waals surface area (Å²) in [7, 11) is 0. The fourth-order valence-electron chi connectivity index (χ4n) is 2.65. The van der Waals surface area contributed by atoms with Crippen molar-refractivity contribution in [2.75, 3.05) is 52.5 Å². The van der Waals surface area contributed by atoms with Crippen LogP contribution in [0.25, 0.3) is 0 Å². The van der Waals surface area contributed by atoms with Gasteiger partial charge in [-0.25, -0.2) is 4.98 Å². The van der Waals surface area contributed by atoms with Crippen LogP contribution in [0.4, 0.5) is 0 Å². The third kappa shape index (κ3) is 4.72. The third-order valence-electron chi connectivity index (χ3n) is 4.13. The molecule has 5 nitrogen and oxygen atoms in total.